The van der Waals surface area contributed by atoms with Crippen molar-refractivity contribution in [3.05, 3.63) is 70.2 Å². The molecule has 2 aromatic carbocycles. The predicted octanol–water partition coefficient (Wildman–Crippen LogP) is 4.11. The zero-order valence-electron chi connectivity index (χ0n) is 13.8. The summed E-state index contributed by atoms with van der Waals surface area (Å²) in [6.07, 6.45) is 0. The molecule has 23 heavy (non-hydrogen) atoms. The van der Waals surface area contributed by atoms with E-state index >= 15 is 0 Å². The first kappa shape index (κ1) is 17.5. The fraction of sp³-hybridized carbons (Fsp3) is 0.316. The van der Waals surface area contributed by atoms with Crippen LogP contribution < -0.4 is 5.32 Å². The van der Waals surface area contributed by atoms with Crippen LogP contribution in [0.25, 0.3) is 0 Å². The van der Waals surface area contributed by atoms with Gasteiger partial charge in [-0.05, 0) is 50.2 Å². The minimum Gasteiger partial charge on any atom is -0.348 e. The first-order chi connectivity index (χ1) is 11.0. The Morgan fingerprint density at radius 3 is 2.48 bits per heavy atom. The van der Waals surface area contributed by atoms with Crippen molar-refractivity contribution in [3.63, 3.8) is 0 Å². The summed E-state index contributed by atoms with van der Waals surface area (Å²) in [4.78, 5) is 14.5. The van der Waals surface area contributed by atoms with E-state index in [2.05, 4.69) is 43.2 Å². The van der Waals surface area contributed by atoms with Gasteiger partial charge in [0.1, 0.15) is 0 Å². The Morgan fingerprint density at radius 2 is 1.83 bits per heavy atom. The number of carbonyl (C=O) groups is 1. The Morgan fingerprint density at radius 1 is 1.13 bits per heavy atom. The molecule has 1 amide bonds. The van der Waals surface area contributed by atoms with E-state index in [-0.39, 0.29) is 5.91 Å². The highest BCUT2D eigenvalue weighted by Crippen LogP contribution is 2.14. The number of amides is 1. The first-order valence-corrected chi connectivity index (χ1v) is 8.16. The molecule has 0 saturated heterocycles. The van der Waals surface area contributed by atoms with Crippen molar-refractivity contribution in [2.75, 3.05) is 7.05 Å². The van der Waals surface area contributed by atoms with Crippen LogP contribution in [0.5, 0.6) is 0 Å². The summed E-state index contributed by atoms with van der Waals surface area (Å²) >= 11 is 5.93. The van der Waals surface area contributed by atoms with E-state index in [1.165, 1.54) is 5.56 Å². The summed E-state index contributed by atoms with van der Waals surface area (Å²) in [6.45, 7) is 5.71. The van der Waals surface area contributed by atoms with Crippen LogP contribution in [0.15, 0.2) is 48.5 Å². The maximum atomic E-state index is 12.2. The fourth-order valence-electron chi connectivity index (χ4n) is 2.24. The van der Waals surface area contributed by atoms with Gasteiger partial charge in [-0.25, -0.2) is 0 Å². The quantitative estimate of drug-likeness (QED) is 0.864. The van der Waals surface area contributed by atoms with Crippen LogP contribution in [0, 0.1) is 0 Å². The molecule has 0 bridgehead atoms. The van der Waals surface area contributed by atoms with Crippen molar-refractivity contribution in [3.8, 4) is 0 Å². The van der Waals surface area contributed by atoms with Crippen molar-refractivity contribution in [1.82, 2.24) is 10.2 Å². The minimum absolute atomic E-state index is 0.112. The molecule has 1 N–H and O–H groups in total. The highest BCUT2D eigenvalue weighted by molar-refractivity contribution is 6.30. The zero-order valence-corrected chi connectivity index (χ0v) is 14.6. The third kappa shape index (κ3) is 5.08. The largest absolute Gasteiger partial charge is 0.348 e. The van der Waals surface area contributed by atoms with Crippen LogP contribution >= 0.6 is 11.6 Å². The number of rotatable bonds is 6. The summed E-state index contributed by atoms with van der Waals surface area (Å²) in [5.41, 5.74) is 2.94. The molecule has 0 aromatic heterocycles. The lowest BCUT2D eigenvalue weighted by molar-refractivity contribution is 0.0950. The lowest BCUT2D eigenvalue weighted by atomic mass is 10.1. The summed E-state index contributed by atoms with van der Waals surface area (Å²) in [5.74, 6) is -0.112. The Bertz CT molecular complexity index is 670. The van der Waals surface area contributed by atoms with E-state index in [0.29, 0.717) is 23.2 Å². The lowest BCUT2D eigenvalue weighted by Gasteiger charge is -2.22. The molecular weight excluding hydrogens is 308 g/mol. The third-order valence-electron chi connectivity index (χ3n) is 3.95. The van der Waals surface area contributed by atoms with E-state index in [4.69, 9.17) is 11.6 Å². The van der Waals surface area contributed by atoms with Crippen molar-refractivity contribution in [2.24, 2.45) is 0 Å². The van der Waals surface area contributed by atoms with Crippen molar-refractivity contribution in [1.29, 1.82) is 0 Å². The van der Waals surface area contributed by atoms with Crippen LogP contribution in [-0.4, -0.2) is 23.9 Å². The van der Waals surface area contributed by atoms with Crippen molar-refractivity contribution < 1.29 is 4.79 Å². The zero-order chi connectivity index (χ0) is 16.8. The molecule has 2 rings (SSSR count). The second-order valence-electron chi connectivity index (χ2n) is 5.97. The molecule has 122 valence electrons. The number of nitrogens with zero attached hydrogens (tertiary/aromatic N) is 1. The van der Waals surface area contributed by atoms with E-state index in [9.17, 15) is 4.79 Å². The summed E-state index contributed by atoms with van der Waals surface area (Å²) in [5, 5.41) is 3.54. The van der Waals surface area contributed by atoms with Crippen LogP contribution in [0.3, 0.4) is 0 Å². The van der Waals surface area contributed by atoms with Gasteiger partial charge >= 0.3 is 0 Å². The van der Waals surface area contributed by atoms with Gasteiger partial charge in [-0.15, -0.1) is 0 Å². The maximum Gasteiger partial charge on any atom is 0.251 e. The van der Waals surface area contributed by atoms with Crippen LogP contribution in [0.4, 0.5) is 0 Å². The minimum atomic E-state index is -0.112. The molecule has 0 fully saturated rings. The highest BCUT2D eigenvalue weighted by atomic mass is 35.5. The summed E-state index contributed by atoms with van der Waals surface area (Å²) < 4.78 is 0. The van der Waals surface area contributed by atoms with E-state index in [1.807, 2.05) is 12.1 Å². The van der Waals surface area contributed by atoms with Gasteiger partial charge in [0.25, 0.3) is 5.91 Å². The molecule has 0 aliphatic carbocycles. The van der Waals surface area contributed by atoms with Gasteiger partial charge < -0.3 is 5.32 Å². The molecule has 0 spiro atoms. The van der Waals surface area contributed by atoms with Crippen LogP contribution in [0.1, 0.15) is 35.3 Å². The standard InChI is InChI=1S/C19H23ClN2O/c1-14(2)22(3)13-17-8-5-4-7-16(17)12-21-19(23)15-9-6-10-18(20)11-15/h4-11,14H,12-13H2,1-3H3,(H,21,23). The number of nitrogens with one attached hydrogen (secondary N) is 1. The average molecular weight is 331 g/mol. The van der Waals surface area contributed by atoms with Crippen molar-refractivity contribution in [2.45, 2.75) is 33.0 Å². The lowest BCUT2D eigenvalue weighted by Crippen LogP contribution is -2.27. The second kappa shape index (κ2) is 8.14. The Hall–Kier alpha value is -1.84. The summed E-state index contributed by atoms with van der Waals surface area (Å²) in [6, 6.07) is 15.7. The molecule has 0 aliphatic heterocycles. The molecule has 0 radical (unpaired) electrons. The third-order valence-corrected chi connectivity index (χ3v) is 4.18. The number of hydrogen-bond donors (Lipinski definition) is 1. The maximum absolute atomic E-state index is 12.2. The van der Waals surface area contributed by atoms with Gasteiger partial charge in [-0.1, -0.05) is 41.9 Å². The molecule has 4 heteroatoms. The smallest absolute Gasteiger partial charge is 0.251 e. The number of carbonyl (C=O) groups excluding carboxylic acids is 1. The first-order valence-electron chi connectivity index (χ1n) is 7.78. The fourth-order valence-corrected chi connectivity index (χ4v) is 2.43. The predicted molar refractivity (Wildman–Crippen MR) is 95.7 cm³/mol. The van der Waals surface area contributed by atoms with Crippen LogP contribution in [0.2, 0.25) is 5.02 Å². The molecule has 3 nitrogen and oxygen atoms in total. The van der Waals surface area contributed by atoms with Crippen LogP contribution in [-0.2, 0) is 13.1 Å². The Balaban J connectivity index is 2.04. The van der Waals surface area contributed by atoms with Gasteiger partial charge in [0, 0.05) is 29.7 Å². The van der Waals surface area contributed by atoms with Gasteiger partial charge in [0.2, 0.25) is 0 Å². The molecule has 0 atom stereocenters. The molecular formula is C19H23ClN2O. The van der Waals surface area contributed by atoms with E-state index in [0.717, 1.165) is 12.1 Å². The Kier molecular flexibility index (Phi) is 6.20. The highest BCUT2D eigenvalue weighted by Gasteiger charge is 2.10. The van der Waals surface area contributed by atoms with Crippen molar-refractivity contribution >= 4 is 17.5 Å². The SMILES string of the molecule is CC(C)N(C)Cc1ccccc1CNC(=O)c1cccc(Cl)c1. The molecule has 0 heterocycles. The van der Waals surface area contributed by atoms with Gasteiger partial charge in [0.05, 0.1) is 0 Å². The average Bonchev–Trinajstić information content (AvgIpc) is 2.53. The molecule has 0 unspecified atom stereocenters. The second-order valence-corrected chi connectivity index (χ2v) is 6.41. The number of hydrogen-bond acceptors (Lipinski definition) is 2. The monoisotopic (exact) mass is 330 g/mol. The molecule has 0 aliphatic rings. The van der Waals surface area contributed by atoms with Gasteiger partial charge in [-0.3, -0.25) is 9.69 Å². The van der Waals surface area contributed by atoms with Gasteiger partial charge in [0.15, 0.2) is 0 Å². The van der Waals surface area contributed by atoms with E-state index in [1.54, 1.807) is 24.3 Å². The number of halogens is 1. The Labute approximate surface area is 143 Å². The molecule has 2 aromatic rings. The summed E-state index contributed by atoms with van der Waals surface area (Å²) in [7, 11) is 2.10. The molecule has 0 saturated carbocycles. The number of benzene rings is 2. The topological polar surface area (TPSA) is 32.3 Å². The van der Waals surface area contributed by atoms with Gasteiger partial charge in [-0.2, -0.15) is 0 Å². The van der Waals surface area contributed by atoms with E-state index < -0.39 is 0 Å². The normalized spacial score (nSPS) is 11.0.